The normalized spacial score (nSPS) is 14.6. The van der Waals surface area contributed by atoms with Gasteiger partial charge < -0.3 is 5.32 Å². The number of amides is 3. The van der Waals surface area contributed by atoms with E-state index in [4.69, 9.17) is 0 Å². The van der Waals surface area contributed by atoms with Crippen LogP contribution < -0.4 is 5.32 Å². The number of aryl methyl sites for hydroxylation is 2. The van der Waals surface area contributed by atoms with Crippen LogP contribution in [0.5, 0.6) is 0 Å². The molecule has 43 heavy (non-hydrogen) atoms. The fourth-order valence-electron chi connectivity index (χ4n) is 5.88. The summed E-state index contributed by atoms with van der Waals surface area (Å²) in [7, 11) is 0. The Morgan fingerprint density at radius 2 is 1.77 bits per heavy atom. The van der Waals surface area contributed by atoms with Crippen LogP contribution in [0, 0.1) is 5.82 Å². The van der Waals surface area contributed by atoms with E-state index in [0.29, 0.717) is 21.6 Å². The topological polar surface area (TPSA) is 97.2 Å². The molecule has 1 N–H and O–H groups in total. The molecule has 7 rings (SSSR count). The van der Waals surface area contributed by atoms with Crippen molar-refractivity contribution in [1.82, 2.24) is 25.0 Å². The molecule has 0 spiro atoms. The number of fused-ring (bicyclic) bond motifs is 4. The number of nitrogens with one attached hydrogen (secondary N) is 1. The fourth-order valence-corrected chi connectivity index (χ4v) is 6.99. The first-order chi connectivity index (χ1) is 21.0. The van der Waals surface area contributed by atoms with E-state index in [1.54, 1.807) is 48.8 Å². The molecule has 3 amide bonds. The summed E-state index contributed by atoms with van der Waals surface area (Å²) < 4.78 is 16.0. The van der Waals surface area contributed by atoms with Gasteiger partial charge in [-0.25, -0.2) is 4.39 Å². The molecule has 3 aromatic heterocycles. The Labute approximate surface area is 250 Å². The molecule has 214 valence electrons. The van der Waals surface area contributed by atoms with Crippen molar-refractivity contribution >= 4 is 29.1 Å². The number of aromatic nitrogens is 3. The second-order valence-electron chi connectivity index (χ2n) is 10.7. The van der Waals surface area contributed by atoms with Gasteiger partial charge in [-0.3, -0.25) is 28.9 Å². The maximum Gasteiger partial charge on any atom is 0.261 e. The van der Waals surface area contributed by atoms with Gasteiger partial charge in [0.1, 0.15) is 5.82 Å². The third-order valence-corrected chi connectivity index (χ3v) is 9.05. The lowest BCUT2D eigenvalue weighted by atomic mass is 10.0. The minimum absolute atomic E-state index is 0.0440. The molecular formula is C33H26FN5O3S. The summed E-state index contributed by atoms with van der Waals surface area (Å²) in [5, 5.41) is 7.69. The zero-order chi connectivity index (χ0) is 29.5. The van der Waals surface area contributed by atoms with Gasteiger partial charge in [-0.2, -0.15) is 5.10 Å². The van der Waals surface area contributed by atoms with Crippen LogP contribution in [0.3, 0.4) is 0 Å². The van der Waals surface area contributed by atoms with Gasteiger partial charge in [0, 0.05) is 47.1 Å². The summed E-state index contributed by atoms with van der Waals surface area (Å²) in [5.41, 5.74) is 5.15. The standard InChI is InChI=1S/C33H26FN5O3S/c34-22-8-3-6-20(14-22)15-23(19-38-32(41)24-9-1-2-10-25(24)33(38)42)37-31(40)29-16-26-28(43-29)11-5-13-39-30(26)27(18-36-39)21-7-4-12-35-17-21/h1-4,6-10,12,14,16-18,23H,5,11,13,15,19H2,(H,37,40)/t23-/m0/s1. The molecule has 0 saturated carbocycles. The van der Waals surface area contributed by atoms with Gasteiger partial charge >= 0.3 is 0 Å². The predicted octanol–water partition coefficient (Wildman–Crippen LogP) is 5.40. The molecule has 0 radical (unpaired) electrons. The average Bonchev–Trinajstić information content (AvgIpc) is 3.66. The van der Waals surface area contributed by atoms with Crippen LogP contribution in [0.15, 0.2) is 85.3 Å². The number of carbonyl (C=O) groups is 3. The third kappa shape index (κ3) is 5.03. The van der Waals surface area contributed by atoms with Gasteiger partial charge in [-0.1, -0.05) is 30.3 Å². The van der Waals surface area contributed by atoms with Gasteiger partial charge in [-0.05, 0) is 61.2 Å². The van der Waals surface area contributed by atoms with E-state index in [1.807, 2.05) is 29.1 Å². The molecular weight excluding hydrogens is 565 g/mol. The van der Waals surface area contributed by atoms with Crippen LogP contribution in [0.2, 0.25) is 0 Å². The number of pyridine rings is 1. The summed E-state index contributed by atoms with van der Waals surface area (Å²) in [5.74, 6) is -1.52. The van der Waals surface area contributed by atoms with Crippen LogP contribution in [-0.2, 0) is 19.4 Å². The first-order valence-electron chi connectivity index (χ1n) is 14.1. The molecule has 10 heteroatoms. The van der Waals surface area contributed by atoms with E-state index in [-0.39, 0.29) is 18.9 Å². The maximum absolute atomic E-state index is 14.1. The molecule has 2 aliphatic rings. The van der Waals surface area contributed by atoms with Crippen molar-refractivity contribution in [3.63, 3.8) is 0 Å². The quantitative estimate of drug-likeness (QED) is 0.256. The van der Waals surface area contributed by atoms with Crippen LogP contribution in [0.1, 0.15) is 47.2 Å². The monoisotopic (exact) mass is 591 g/mol. The Morgan fingerprint density at radius 3 is 2.51 bits per heavy atom. The number of halogens is 1. The van der Waals surface area contributed by atoms with Crippen LogP contribution >= 0.6 is 11.3 Å². The number of benzene rings is 2. The average molecular weight is 592 g/mol. The molecule has 1 atom stereocenters. The molecule has 8 nitrogen and oxygen atoms in total. The van der Waals surface area contributed by atoms with Crippen molar-refractivity contribution in [2.24, 2.45) is 0 Å². The van der Waals surface area contributed by atoms with E-state index in [9.17, 15) is 18.8 Å². The Balaban J connectivity index is 1.19. The van der Waals surface area contributed by atoms with Crippen molar-refractivity contribution in [2.45, 2.75) is 31.8 Å². The highest BCUT2D eigenvalue weighted by molar-refractivity contribution is 7.14. The summed E-state index contributed by atoms with van der Waals surface area (Å²) >= 11 is 1.44. The van der Waals surface area contributed by atoms with E-state index >= 15 is 0 Å². The lowest BCUT2D eigenvalue weighted by molar-refractivity contribution is 0.0629. The number of hydrogen-bond donors (Lipinski definition) is 1. The minimum Gasteiger partial charge on any atom is -0.346 e. The predicted molar refractivity (Wildman–Crippen MR) is 160 cm³/mol. The highest BCUT2D eigenvalue weighted by atomic mass is 32.1. The van der Waals surface area contributed by atoms with Gasteiger partial charge in [-0.15, -0.1) is 11.3 Å². The summed E-state index contributed by atoms with van der Waals surface area (Å²) in [6.07, 6.45) is 7.31. The minimum atomic E-state index is -0.644. The Kier molecular flexibility index (Phi) is 6.90. The molecule has 5 heterocycles. The van der Waals surface area contributed by atoms with Gasteiger partial charge in [0.2, 0.25) is 0 Å². The van der Waals surface area contributed by atoms with E-state index in [1.165, 1.54) is 23.5 Å². The third-order valence-electron chi connectivity index (χ3n) is 7.86. The SMILES string of the molecule is O=C(N[C@@H](Cc1cccc(F)c1)CN1C(=O)c2ccccc2C1=O)c1cc2c(s1)CCCn1ncc(-c3cccnc3)c1-2. The molecule has 0 saturated heterocycles. The number of hydrogen-bond acceptors (Lipinski definition) is 6. The van der Waals surface area contributed by atoms with Crippen molar-refractivity contribution in [3.05, 3.63) is 118 Å². The zero-order valence-electron chi connectivity index (χ0n) is 23.0. The lowest BCUT2D eigenvalue weighted by Gasteiger charge is -2.24. The van der Waals surface area contributed by atoms with Crippen molar-refractivity contribution in [1.29, 1.82) is 0 Å². The molecule has 5 aromatic rings. The lowest BCUT2D eigenvalue weighted by Crippen LogP contribution is -2.46. The zero-order valence-corrected chi connectivity index (χ0v) is 23.8. The van der Waals surface area contributed by atoms with E-state index < -0.39 is 23.7 Å². The van der Waals surface area contributed by atoms with Crippen LogP contribution in [0.25, 0.3) is 22.4 Å². The molecule has 0 fully saturated rings. The van der Waals surface area contributed by atoms with Crippen LogP contribution in [0.4, 0.5) is 4.39 Å². The van der Waals surface area contributed by atoms with Crippen molar-refractivity contribution in [3.8, 4) is 22.4 Å². The highest BCUT2D eigenvalue weighted by Gasteiger charge is 2.37. The smallest absolute Gasteiger partial charge is 0.261 e. The molecule has 0 bridgehead atoms. The second kappa shape index (κ2) is 11.0. The Bertz CT molecular complexity index is 1850. The van der Waals surface area contributed by atoms with Crippen molar-refractivity contribution in [2.75, 3.05) is 6.54 Å². The number of rotatable bonds is 7. The first-order valence-corrected chi connectivity index (χ1v) is 14.9. The largest absolute Gasteiger partial charge is 0.346 e. The molecule has 0 unspecified atom stereocenters. The highest BCUT2D eigenvalue weighted by Crippen LogP contribution is 2.40. The Hall–Kier alpha value is -4.96. The summed E-state index contributed by atoms with van der Waals surface area (Å²) in [6.45, 7) is 0.728. The number of imide groups is 1. The summed E-state index contributed by atoms with van der Waals surface area (Å²) in [6, 6.07) is 17.9. The molecule has 0 aliphatic carbocycles. The number of carbonyl (C=O) groups excluding carboxylic acids is 3. The van der Waals surface area contributed by atoms with E-state index in [0.717, 1.165) is 51.5 Å². The van der Waals surface area contributed by atoms with Crippen molar-refractivity contribution < 1.29 is 18.8 Å². The maximum atomic E-state index is 14.1. The number of nitrogens with zero attached hydrogens (tertiary/aromatic N) is 4. The molecule has 2 aliphatic heterocycles. The van der Waals surface area contributed by atoms with Gasteiger partial charge in [0.25, 0.3) is 17.7 Å². The number of thiophene rings is 1. The second-order valence-corrected chi connectivity index (χ2v) is 11.8. The fraction of sp³-hybridized carbons (Fsp3) is 0.182. The van der Waals surface area contributed by atoms with Gasteiger partial charge in [0.05, 0.1) is 33.9 Å². The van der Waals surface area contributed by atoms with Crippen LogP contribution in [-0.4, -0.2) is 50.0 Å². The first kappa shape index (κ1) is 26.9. The van der Waals surface area contributed by atoms with E-state index in [2.05, 4.69) is 15.4 Å². The van der Waals surface area contributed by atoms with Gasteiger partial charge in [0.15, 0.2) is 0 Å². The Morgan fingerprint density at radius 1 is 0.953 bits per heavy atom. The summed E-state index contributed by atoms with van der Waals surface area (Å²) in [4.78, 5) is 47.1. The molecule has 2 aromatic carbocycles.